The molecule has 2 nitrogen and oxygen atoms in total. The molecule has 1 aromatic carbocycles. The van der Waals surface area contributed by atoms with Gasteiger partial charge in [-0.3, -0.25) is 4.79 Å². The molecule has 1 N–H and O–H groups in total. The van der Waals surface area contributed by atoms with Crippen LogP contribution in [0.5, 0.6) is 0 Å². The van der Waals surface area contributed by atoms with E-state index < -0.39 is 35.5 Å². The molecule has 6 heteroatoms. The maximum Gasteiger partial charge on any atom is 0.416 e. The Kier molecular flexibility index (Phi) is 2.97. The number of alkyl halides is 3. The molecule has 0 amide bonds. The molecule has 0 aliphatic carbocycles. The van der Waals surface area contributed by atoms with Gasteiger partial charge in [0.25, 0.3) is 0 Å². The van der Waals surface area contributed by atoms with Crippen molar-refractivity contribution in [3.05, 3.63) is 35.1 Å². The predicted octanol–water partition coefficient (Wildman–Crippen LogP) is 2.47. The van der Waals surface area contributed by atoms with E-state index in [0.29, 0.717) is 18.2 Å². The normalized spacial score (nSPS) is 11.5. The molecule has 0 unspecified atom stereocenters. The second kappa shape index (κ2) is 3.88. The Labute approximate surface area is 82.1 Å². The van der Waals surface area contributed by atoms with Crippen LogP contribution in [0.3, 0.4) is 0 Å². The van der Waals surface area contributed by atoms with Crippen LogP contribution in [0.2, 0.25) is 0 Å². The summed E-state index contributed by atoms with van der Waals surface area (Å²) in [5, 5.41) is 8.34. The van der Waals surface area contributed by atoms with E-state index in [2.05, 4.69) is 0 Å². The standard InChI is InChI=1S/C9H6F4O2/c10-7-2-1-6(9(11,12)13)3-5(7)4-8(14)15/h1-3H,4H2,(H,14,15). The Morgan fingerprint density at radius 3 is 2.40 bits per heavy atom. The van der Waals surface area contributed by atoms with Crippen LogP contribution in [0.15, 0.2) is 18.2 Å². The molecule has 0 fully saturated rings. The Balaban J connectivity index is 3.11. The van der Waals surface area contributed by atoms with Gasteiger partial charge in [0.2, 0.25) is 0 Å². The number of carboxylic acid groups (broad SMARTS) is 1. The van der Waals surface area contributed by atoms with Crippen molar-refractivity contribution in [2.45, 2.75) is 12.6 Å². The fraction of sp³-hybridized carbons (Fsp3) is 0.222. The first kappa shape index (κ1) is 11.5. The van der Waals surface area contributed by atoms with Gasteiger partial charge in [-0.25, -0.2) is 4.39 Å². The van der Waals surface area contributed by atoms with E-state index in [0.717, 1.165) is 0 Å². The van der Waals surface area contributed by atoms with Crippen molar-refractivity contribution < 1.29 is 27.5 Å². The minimum absolute atomic E-state index is 0.475. The van der Waals surface area contributed by atoms with Gasteiger partial charge in [-0.2, -0.15) is 13.2 Å². The molecule has 1 aromatic rings. The molecule has 0 aromatic heterocycles. The first-order chi connectivity index (χ1) is 6.80. The molecule has 0 heterocycles. The van der Waals surface area contributed by atoms with E-state index >= 15 is 0 Å². The highest BCUT2D eigenvalue weighted by Crippen LogP contribution is 2.30. The summed E-state index contributed by atoms with van der Waals surface area (Å²) in [6.07, 6.45) is -5.36. The summed E-state index contributed by atoms with van der Waals surface area (Å²) >= 11 is 0. The lowest BCUT2D eigenvalue weighted by Crippen LogP contribution is -2.08. The van der Waals surface area contributed by atoms with Gasteiger partial charge in [0.1, 0.15) is 5.82 Å². The lowest BCUT2D eigenvalue weighted by atomic mass is 10.1. The second-order valence-electron chi connectivity index (χ2n) is 2.87. The van der Waals surface area contributed by atoms with Crippen molar-refractivity contribution in [2.24, 2.45) is 0 Å². The van der Waals surface area contributed by atoms with E-state index in [1.807, 2.05) is 0 Å². The van der Waals surface area contributed by atoms with Crippen LogP contribution in [-0.2, 0) is 17.4 Å². The van der Waals surface area contributed by atoms with Crippen LogP contribution in [-0.4, -0.2) is 11.1 Å². The van der Waals surface area contributed by atoms with Crippen LogP contribution < -0.4 is 0 Å². The van der Waals surface area contributed by atoms with Gasteiger partial charge in [0, 0.05) is 0 Å². The Hall–Kier alpha value is -1.59. The molecule has 0 spiro atoms. The molecule has 0 saturated heterocycles. The summed E-state index contributed by atoms with van der Waals surface area (Å²) in [6, 6.07) is 1.69. The molecule has 15 heavy (non-hydrogen) atoms. The third-order valence-corrected chi connectivity index (χ3v) is 1.71. The first-order valence-electron chi connectivity index (χ1n) is 3.88. The average molecular weight is 222 g/mol. The average Bonchev–Trinajstić information content (AvgIpc) is 2.06. The van der Waals surface area contributed by atoms with E-state index in [1.165, 1.54) is 0 Å². The second-order valence-corrected chi connectivity index (χ2v) is 2.87. The number of carbonyl (C=O) groups is 1. The number of rotatable bonds is 2. The Morgan fingerprint density at radius 1 is 1.33 bits per heavy atom. The van der Waals surface area contributed by atoms with E-state index in [9.17, 15) is 22.4 Å². The zero-order valence-electron chi connectivity index (χ0n) is 7.31. The van der Waals surface area contributed by atoms with E-state index in [-0.39, 0.29) is 0 Å². The van der Waals surface area contributed by atoms with Crippen LogP contribution in [0.1, 0.15) is 11.1 Å². The number of hydrogen-bond donors (Lipinski definition) is 1. The van der Waals surface area contributed by atoms with E-state index in [4.69, 9.17) is 5.11 Å². The zero-order chi connectivity index (χ0) is 11.6. The third-order valence-electron chi connectivity index (χ3n) is 1.71. The minimum Gasteiger partial charge on any atom is -0.481 e. The summed E-state index contributed by atoms with van der Waals surface area (Å²) in [4.78, 5) is 10.2. The highest BCUT2D eigenvalue weighted by molar-refractivity contribution is 5.70. The minimum atomic E-state index is -4.60. The Bertz CT molecular complexity index is 384. The summed E-state index contributed by atoms with van der Waals surface area (Å²) in [7, 11) is 0. The highest BCUT2D eigenvalue weighted by atomic mass is 19.4. The quantitative estimate of drug-likeness (QED) is 0.780. The highest BCUT2D eigenvalue weighted by Gasteiger charge is 2.31. The number of aliphatic carboxylic acids is 1. The van der Waals surface area contributed by atoms with Crippen molar-refractivity contribution in [1.82, 2.24) is 0 Å². The van der Waals surface area contributed by atoms with Crippen LogP contribution >= 0.6 is 0 Å². The topological polar surface area (TPSA) is 37.3 Å². The molecule has 0 bridgehead atoms. The number of hydrogen-bond acceptors (Lipinski definition) is 1. The van der Waals surface area contributed by atoms with Crippen LogP contribution in [0.4, 0.5) is 17.6 Å². The predicted molar refractivity (Wildman–Crippen MR) is 42.7 cm³/mol. The monoisotopic (exact) mass is 222 g/mol. The van der Waals surface area contributed by atoms with Gasteiger partial charge in [-0.05, 0) is 23.8 Å². The molecule has 0 radical (unpaired) electrons. The maximum absolute atomic E-state index is 12.9. The third kappa shape index (κ3) is 2.93. The van der Waals surface area contributed by atoms with Gasteiger partial charge in [0.05, 0.1) is 12.0 Å². The molecule has 0 aliphatic rings. The van der Waals surface area contributed by atoms with Crippen molar-refractivity contribution >= 4 is 5.97 Å². The molecule has 0 atom stereocenters. The van der Waals surface area contributed by atoms with Gasteiger partial charge in [-0.15, -0.1) is 0 Å². The number of benzene rings is 1. The van der Waals surface area contributed by atoms with Gasteiger partial charge < -0.3 is 5.11 Å². The molecule has 1 rings (SSSR count). The summed E-state index contributed by atoms with van der Waals surface area (Å²) in [6.45, 7) is 0. The van der Waals surface area contributed by atoms with Crippen LogP contribution in [0, 0.1) is 5.82 Å². The van der Waals surface area contributed by atoms with Crippen molar-refractivity contribution in [2.75, 3.05) is 0 Å². The summed E-state index contributed by atoms with van der Waals surface area (Å²) < 4.78 is 49.4. The largest absolute Gasteiger partial charge is 0.481 e. The fourth-order valence-corrected chi connectivity index (χ4v) is 1.05. The van der Waals surface area contributed by atoms with Crippen molar-refractivity contribution in [3.8, 4) is 0 Å². The van der Waals surface area contributed by atoms with Gasteiger partial charge >= 0.3 is 12.1 Å². The van der Waals surface area contributed by atoms with Crippen LogP contribution in [0.25, 0.3) is 0 Å². The molecule has 0 saturated carbocycles. The first-order valence-corrected chi connectivity index (χ1v) is 3.88. The van der Waals surface area contributed by atoms with Gasteiger partial charge in [0.15, 0.2) is 0 Å². The zero-order valence-corrected chi connectivity index (χ0v) is 7.31. The lowest BCUT2D eigenvalue weighted by molar-refractivity contribution is -0.138. The summed E-state index contributed by atoms with van der Waals surface area (Å²) in [5.74, 6) is -2.33. The smallest absolute Gasteiger partial charge is 0.416 e. The van der Waals surface area contributed by atoms with E-state index in [1.54, 1.807) is 0 Å². The van der Waals surface area contributed by atoms with Crippen molar-refractivity contribution in [3.63, 3.8) is 0 Å². The molecule has 0 aliphatic heterocycles. The SMILES string of the molecule is O=C(O)Cc1cc(C(F)(F)F)ccc1F. The molecule has 82 valence electrons. The van der Waals surface area contributed by atoms with Crippen molar-refractivity contribution in [1.29, 1.82) is 0 Å². The summed E-state index contributed by atoms with van der Waals surface area (Å²) in [5.41, 5.74) is -1.53. The maximum atomic E-state index is 12.9. The van der Waals surface area contributed by atoms with Gasteiger partial charge in [-0.1, -0.05) is 0 Å². The number of halogens is 4. The number of carboxylic acids is 1. The molecular formula is C9H6F4O2. The Morgan fingerprint density at radius 2 is 1.93 bits per heavy atom. The lowest BCUT2D eigenvalue weighted by Gasteiger charge is -2.08. The molecular weight excluding hydrogens is 216 g/mol. The fourth-order valence-electron chi connectivity index (χ4n) is 1.05.